The second kappa shape index (κ2) is 8.04. The van der Waals surface area contributed by atoms with Crippen LogP contribution in [0.3, 0.4) is 0 Å². The number of nitrogens with zero attached hydrogens (tertiary/aromatic N) is 1. The zero-order valence-electron chi connectivity index (χ0n) is 18.6. The van der Waals surface area contributed by atoms with Crippen LogP contribution in [0.15, 0.2) is 66.7 Å². The number of hydrogen-bond acceptors (Lipinski definition) is 3. The topological polar surface area (TPSA) is 53.6 Å². The molecule has 0 aliphatic carbocycles. The largest absolute Gasteiger partial charge is 0.467 e. The zero-order chi connectivity index (χ0) is 23.3. The predicted octanol–water partition coefficient (Wildman–Crippen LogP) is 5.76. The quantitative estimate of drug-likeness (QED) is 0.470. The summed E-state index contributed by atoms with van der Waals surface area (Å²) >= 11 is 12.1. The Morgan fingerprint density at radius 1 is 1.12 bits per heavy atom. The molecule has 0 unspecified atom stereocenters. The van der Waals surface area contributed by atoms with E-state index in [0.29, 0.717) is 10.1 Å². The minimum absolute atomic E-state index is 0.147. The van der Waals surface area contributed by atoms with Crippen molar-refractivity contribution in [2.45, 2.75) is 32.5 Å². The third-order valence-corrected chi connectivity index (χ3v) is 6.93. The van der Waals surface area contributed by atoms with Crippen LogP contribution in [0.2, 0.25) is 5.02 Å². The van der Waals surface area contributed by atoms with Gasteiger partial charge in [-0.1, -0.05) is 53.6 Å². The molecule has 1 amide bonds. The Labute approximate surface area is 203 Å². The van der Waals surface area contributed by atoms with Crippen LogP contribution < -0.4 is 20.3 Å². The molecule has 0 spiro atoms. The number of aryl methyl sites for hydroxylation is 2. The van der Waals surface area contributed by atoms with E-state index in [1.165, 1.54) is 0 Å². The number of carbonyl (C=O) groups is 1. The van der Waals surface area contributed by atoms with Crippen LogP contribution in [0.25, 0.3) is 0 Å². The molecular weight excluding hydrogens is 454 g/mol. The van der Waals surface area contributed by atoms with Gasteiger partial charge in [-0.2, -0.15) is 0 Å². The van der Waals surface area contributed by atoms with Gasteiger partial charge in [-0.25, -0.2) is 0 Å². The molecule has 5 nitrogen and oxygen atoms in total. The minimum Gasteiger partial charge on any atom is -0.467 e. The number of halogens is 1. The van der Waals surface area contributed by atoms with Crippen molar-refractivity contribution in [2.24, 2.45) is 5.92 Å². The van der Waals surface area contributed by atoms with E-state index in [-0.39, 0.29) is 11.9 Å². The fraction of sp³-hybridized carbons (Fsp3) is 0.231. The van der Waals surface area contributed by atoms with Crippen molar-refractivity contribution in [3.05, 3.63) is 88.4 Å². The number of hydrogen-bond donors (Lipinski definition) is 2. The van der Waals surface area contributed by atoms with E-state index in [1.54, 1.807) is 6.07 Å². The van der Waals surface area contributed by atoms with Crippen LogP contribution >= 0.6 is 23.8 Å². The van der Waals surface area contributed by atoms with Gasteiger partial charge in [0.15, 0.2) is 10.8 Å². The van der Waals surface area contributed by atoms with Crippen molar-refractivity contribution in [1.29, 1.82) is 0 Å². The number of nitrogens with one attached hydrogen (secondary N) is 2. The average molecular weight is 478 g/mol. The summed E-state index contributed by atoms with van der Waals surface area (Å²) in [5, 5.41) is 7.60. The average Bonchev–Trinajstić information content (AvgIpc) is 2.75. The second-order valence-corrected chi connectivity index (χ2v) is 9.55. The van der Waals surface area contributed by atoms with E-state index < -0.39 is 11.6 Å². The number of rotatable bonds is 3. The summed E-state index contributed by atoms with van der Waals surface area (Å²) in [6.07, 6.45) is 0. The van der Waals surface area contributed by atoms with Gasteiger partial charge < -0.3 is 15.4 Å². The number of anilines is 2. The maximum atomic E-state index is 13.9. The summed E-state index contributed by atoms with van der Waals surface area (Å²) in [5.41, 5.74) is 3.51. The standard InChI is InChI=1S/C26H24ClN3O2S/c1-15-11-12-20(16(2)13-15)28-24(31)22-23-19-9-4-5-10-21(19)32-26(22,3)30(25(33)29-23)18-8-6-7-17(27)14-18/h4-14,22-23H,1-3H3,(H,28,31)(H,29,33)/t22-,23+,26-/m0/s1. The van der Waals surface area contributed by atoms with Gasteiger partial charge in [0.05, 0.1) is 6.04 Å². The Hall–Kier alpha value is -3.09. The minimum atomic E-state index is -1.07. The van der Waals surface area contributed by atoms with Crippen molar-refractivity contribution in [3.8, 4) is 5.75 Å². The monoisotopic (exact) mass is 477 g/mol. The molecule has 2 heterocycles. The van der Waals surface area contributed by atoms with Crippen LogP contribution in [-0.2, 0) is 4.79 Å². The Morgan fingerprint density at radius 3 is 2.67 bits per heavy atom. The van der Waals surface area contributed by atoms with Crippen LogP contribution in [0.1, 0.15) is 29.7 Å². The predicted molar refractivity (Wildman–Crippen MR) is 136 cm³/mol. The highest BCUT2D eigenvalue weighted by Crippen LogP contribution is 2.49. The summed E-state index contributed by atoms with van der Waals surface area (Å²) in [6.45, 7) is 5.93. The third kappa shape index (κ3) is 3.63. The SMILES string of the molecule is Cc1ccc(NC(=O)[C@@H]2[C@@H]3NC(=S)N(c4cccc(Cl)c4)[C@@]2(C)Oc2ccccc23)c(C)c1. The molecule has 3 aromatic carbocycles. The molecule has 5 rings (SSSR count). The first-order chi connectivity index (χ1) is 15.8. The van der Waals surface area contributed by atoms with E-state index in [0.717, 1.165) is 33.8 Å². The molecule has 3 aromatic rings. The zero-order valence-corrected chi connectivity index (χ0v) is 20.1. The molecule has 0 radical (unpaired) electrons. The van der Waals surface area contributed by atoms with Crippen molar-refractivity contribution in [1.82, 2.24) is 5.32 Å². The van der Waals surface area contributed by atoms with Crippen molar-refractivity contribution >= 4 is 46.2 Å². The normalized spacial score (nSPS) is 23.3. The lowest BCUT2D eigenvalue weighted by atomic mass is 9.78. The highest BCUT2D eigenvalue weighted by atomic mass is 35.5. The Morgan fingerprint density at radius 2 is 1.91 bits per heavy atom. The molecule has 2 N–H and O–H groups in total. The molecule has 2 bridgehead atoms. The Kier molecular flexibility index (Phi) is 5.30. The van der Waals surface area contributed by atoms with E-state index >= 15 is 0 Å². The molecule has 0 aromatic heterocycles. The highest BCUT2D eigenvalue weighted by Gasteiger charge is 2.59. The number of amides is 1. The van der Waals surface area contributed by atoms with Crippen molar-refractivity contribution in [3.63, 3.8) is 0 Å². The first-order valence-electron chi connectivity index (χ1n) is 10.8. The summed E-state index contributed by atoms with van der Waals surface area (Å²) in [5.74, 6) is -0.0210. The van der Waals surface area contributed by atoms with Gasteiger partial charge in [0.1, 0.15) is 11.7 Å². The van der Waals surface area contributed by atoms with Crippen LogP contribution in [-0.4, -0.2) is 16.7 Å². The van der Waals surface area contributed by atoms with Gasteiger partial charge in [-0.05, 0) is 68.9 Å². The first-order valence-corrected chi connectivity index (χ1v) is 11.6. The van der Waals surface area contributed by atoms with E-state index in [2.05, 4.69) is 16.7 Å². The number of benzene rings is 3. The molecule has 7 heteroatoms. The van der Waals surface area contributed by atoms with Gasteiger partial charge in [0.25, 0.3) is 0 Å². The first kappa shape index (κ1) is 21.7. The third-order valence-electron chi connectivity index (χ3n) is 6.40. The maximum Gasteiger partial charge on any atom is 0.236 e. The van der Waals surface area contributed by atoms with Gasteiger partial charge in [0.2, 0.25) is 5.91 Å². The van der Waals surface area contributed by atoms with E-state index in [9.17, 15) is 4.79 Å². The lowest BCUT2D eigenvalue weighted by Crippen LogP contribution is -2.72. The summed E-state index contributed by atoms with van der Waals surface area (Å²) in [7, 11) is 0. The number of thiocarbonyl (C=S) groups is 1. The summed E-state index contributed by atoms with van der Waals surface area (Å²) < 4.78 is 6.58. The fourth-order valence-electron chi connectivity index (χ4n) is 4.90. The molecule has 3 atom stereocenters. The number of fused-ring (bicyclic) bond motifs is 4. The van der Waals surface area contributed by atoms with E-state index in [1.807, 2.05) is 80.3 Å². The second-order valence-electron chi connectivity index (χ2n) is 8.72. The lowest BCUT2D eigenvalue weighted by molar-refractivity contribution is -0.130. The molecule has 168 valence electrons. The Bertz CT molecular complexity index is 1280. The van der Waals surface area contributed by atoms with Gasteiger partial charge in [-0.3, -0.25) is 9.69 Å². The van der Waals surface area contributed by atoms with Crippen molar-refractivity contribution in [2.75, 3.05) is 10.2 Å². The van der Waals surface area contributed by atoms with Gasteiger partial charge in [-0.15, -0.1) is 0 Å². The molecule has 0 saturated carbocycles. The molecule has 2 aliphatic heterocycles. The Balaban J connectivity index is 1.62. The summed E-state index contributed by atoms with van der Waals surface area (Å²) in [6, 6.07) is 20.8. The van der Waals surface area contributed by atoms with Gasteiger partial charge in [0, 0.05) is 22.0 Å². The molecule has 1 saturated heterocycles. The number of para-hydroxylation sites is 1. The molecule has 2 aliphatic rings. The molecular formula is C26H24ClN3O2S. The van der Waals surface area contributed by atoms with E-state index in [4.69, 9.17) is 28.6 Å². The van der Waals surface area contributed by atoms with Crippen LogP contribution in [0, 0.1) is 19.8 Å². The van der Waals surface area contributed by atoms with Gasteiger partial charge >= 0.3 is 0 Å². The fourth-order valence-corrected chi connectivity index (χ4v) is 5.50. The lowest BCUT2D eigenvalue weighted by Gasteiger charge is -2.56. The highest BCUT2D eigenvalue weighted by molar-refractivity contribution is 7.80. The number of carbonyl (C=O) groups excluding carboxylic acids is 1. The number of ether oxygens (including phenoxy) is 1. The maximum absolute atomic E-state index is 13.9. The summed E-state index contributed by atoms with van der Waals surface area (Å²) in [4.78, 5) is 15.7. The van der Waals surface area contributed by atoms with Crippen molar-refractivity contribution < 1.29 is 9.53 Å². The van der Waals surface area contributed by atoms with Crippen LogP contribution in [0.5, 0.6) is 5.75 Å². The molecule has 1 fully saturated rings. The smallest absolute Gasteiger partial charge is 0.236 e. The molecule has 33 heavy (non-hydrogen) atoms. The van der Waals surface area contributed by atoms with Crippen LogP contribution in [0.4, 0.5) is 11.4 Å².